The van der Waals surface area contributed by atoms with Crippen LogP contribution in [0.15, 0.2) is 55.1 Å². The van der Waals surface area contributed by atoms with Gasteiger partial charge < -0.3 is 15.4 Å². The molecule has 1 heterocycles. The van der Waals surface area contributed by atoms with Crippen molar-refractivity contribution in [2.75, 3.05) is 26.2 Å². The van der Waals surface area contributed by atoms with Crippen molar-refractivity contribution in [2.45, 2.75) is 6.54 Å². The number of ether oxygens (including phenoxy) is 1. The second-order valence-electron chi connectivity index (χ2n) is 6.73. The fourth-order valence-electron chi connectivity index (χ4n) is 2.90. The van der Waals surface area contributed by atoms with Crippen LogP contribution < -0.4 is 15.4 Å². The summed E-state index contributed by atoms with van der Waals surface area (Å²) in [6.45, 7) is 8.26. The van der Waals surface area contributed by atoms with Crippen LogP contribution in [0.2, 0.25) is 0 Å². The summed E-state index contributed by atoms with van der Waals surface area (Å²) in [5, 5.41) is 15.7. The van der Waals surface area contributed by atoms with Crippen molar-refractivity contribution in [2.24, 2.45) is 5.92 Å². The minimum absolute atomic E-state index is 0.489. The Morgan fingerprint density at radius 1 is 1.15 bits per heavy atom. The Labute approximate surface area is 161 Å². The fourth-order valence-corrected chi connectivity index (χ4v) is 2.90. The van der Waals surface area contributed by atoms with E-state index in [9.17, 15) is 0 Å². The molecule has 4 nitrogen and oxygen atoms in total. The van der Waals surface area contributed by atoms with Crippen molar-refractivity contribution in [1.29, 1.82) is 5.26 Å². The highest BCUT2D eigenvalue weighted by molar-refractivity contribution is 5.70. The molecule has 3 rings (SSSR count). The smallest absolute Gasteiger partial charge is 0.120 e. The van der Waals surface area contributed by atoms with Crippen LogP contribution in [-0.2, 0) is 6.54 Å². The van der Waals surface area contributed by atoms with E-state index < -0.39 is 0 Å². The van der Waals surface area contributed by atoms with Crippen LogP contribution in [0.5, 0.6) is 5.75 Å². The largest absolute Gasteiger partial charge is 0.490 e. The molecule has 2 aromatic rings. The summed E-state index contributed by atoms with van der Waals surface area (Å²) in [6.07, 6.45) is 5.87. The summed E-state index contributed by atoms with van der Waals surface area (Å²) in [5.74, 6) is 1.58. The molecule has 2 aromatic carbocycles. The maximum absolute atomic E-state index is 8.89. The lowest BCUT2D eigenvalue weighted by Crippen LogP contribution is -2.47. The van der Waals surface area contributed by atoms with E-state index in [0.29, 0.717) is 12.2 Å². The Kier molecular flexibility index (Phi) is 6.81. The van der Waals surface area contributed by atoms with Crippen LogP contribution in [0.4, 0.5) is 0 Å². The lowest BCUT2D eigenvalue weighted by Gasteiger charge is -2.27. The zero-order valence-electron chi connectivity index (χ0n) is 15.4. The van der Waals surface area contributed by atoms with Crippen LogP contribution >= 0.6 is 0 Å². The molecule has 1 fully saturated rings. The highest BCUT2D eigenvalue weighted by Crippen LogP contribution is 2.20. The van der Waals surface area contributed by atoms with Gasteiger partial charge in [-0.15, -0.1) is 0 Å². The molecule has 4 heteroatoms. The number of nitrogens with one attached hydrogen (secondary N) is 2. The van der Waals surface area contributed by atoms with Crippen molar-refractivity contribution in [3.63, 3.8) is 0 Å². The first-order valence-electron chi connectivity index (χ1n) is 9.24. The Balaban J connectivity index is 1.70. The average molecular weight is 359 g/mol. The Bertz CT molecular complexity index is 830. The van der Waals surface area contributed by atoms with Crippen LogP contribution in [0, 0.1) is 17.2 Å². The minimum Gasteiger partial charge on any atom is -0.490 e. The zero-order valence-corrected chi connectivity index (χ0v) is 15.4. The van der Waals surface area contributed by atoms with Gasteiger partial charge in [-0.1, -0.05) is 43.0 Å². The second-order valence-corrected chi connectivity index (χ2v) is 6.73. The van der Waals surface area contributed by atoms with Gasteiger partial charge in [0.2, 0.25) is 0 Å². The molecular weight excluding hydrogens is 334 g/mol. The van der Waals surface area contributed by atoms with E-state index in [4.69, 9.17) is 10.00 Å². The van der Waals surface area contributed by atoms with Gasteiger partial charge in [-0.05, 0) is 46.9 Å². The highest BCUT2D eigenvalue weighted by Gasteiger charge is 2.15. The summed E-state index contributed by atoms with van der Waals surface area (Å²) in [4.78, 5) is 0. The quantitative estimate of drug-likeness (QED) is 0.530. The van der Waals surface area contributed by atoms with Crippen molar-refractivity contribution in [1.82, 2.24) is 10.6 Å². The second kappa shape index (κ2) is 9.72. The normalized spacial score (nSPS) is 13.9. The molecule has 27 heavy (non-hydrogen) atoms. The minimum atomic E-state index is 0.489. The van der Waals surface area contributed by atoms with Crippen molar-refractivity contribution >= 4 is 12.2 Å². The predicted molar refractivity (Wildman–Crippen MR) is 110 cm³/mol. The van der Waals surface area contributed by atoms with Gasteiger partial charge >= 0.3 is 0 Å². The maximum Gasteiger partial charge on any atom is 0.120 e. The van der Waals surface area contributed by atoms with E-state index in [1.54, 1.807) is 6.08 Å². The van der Waals surface area contributed by atoms with E-state index in [-0.39, 0.29) is 0 Å². The molecule has 2 N–H and O–H groups in total. The summed E-state index contributed by atoms with van der Waals surface area (Å²) >= 11 is 0. The van der Waals surface area contributed by atoms with Gasteiger partial charge in [0.05, 0.1) is 11.6 Å². The van der Waals surface area contributed by atoms with Crippen LogP contribution in [0.3, 0.4) is 0 Å². The zero-order chi connectivity index (χ0) is 18.9. The van der Waals surface area contributed by atoms with E-state index >= 15 is 0 Å². The lowest BCUT2D eigenvalue weighted by atomic mass is 10.0. The molecule has 0 aliphatic carbocycles. The van der Waals surface area contributed by atoms with E-state index in [0.717, 1.165) is 49.0 Å². The number of hydrogen-bond acceptors (Lipinski definition) is 4. The van der Waals surface area contributed by atoms with Gasteiger partial charge in [0.15, 0.2) is 0 Å². The number of benzene rings is 2. The van der Waals surface area contributed by atoms with Crippen molar-refractivity contribution < 1.29 is 4.74 Å². The van der Waals surface area contributed by atoms with Crippen LogP contribution in [0.25, 0.3) is 12.2 Å². The van der Waals surface area contributed by atoms with Gasteiger partial charge in [0.25, 0.3) is 0 Å². The first-order valence-corrected chi connectivity index (χ1v) is 9.24. The molecule has 0 atom stereocenters. The van der Waals surface area contributed by atoms with Gasteiger partial charge in [0, 0.05) is 26.2 Å². The molecule has 1 aliphatic rings. The summed E-state index contributed by atoms with van der Waals surface area (Å²) in [5.41, 5.74) is 4.01. The number of nitrogens with zero attached hydrogens (tertiary/aromatic N) is 1. The number of hydrogen-bond donors (Lipinski definition) is 2. The summed E-state index contributed by atoms with van der Waals surface area (Å²) < 4.78 is 5.75. The molecule has 0 amide bonds. The molecular formula is C23H25N3O. The van der Waals surface area contributed by atoms with E-state index in [2.05, 4.69) is 41.5 Å². The van der Waals surface area contributed by atoms with E-state index in [1.165, 1.54) is 5.56 Å². The predicted octanol–water partition coefficient (Wildman–Crippen LogP) is 3.60. The summed E-state index contributed by atoms with van der Waals surface area (Å²) in [7, 11) is 0. The van der Waals surface area contributed by atoms with Gasteiger partial charge in [-0.3, -0.25) is 0 Å². The fraction of sp³-hybridized carbons (Fsp3) is 0.261. The molecule has 0 unspecified atom stereocenters. The van der Waals surface area contributed by atoms with Gasteiger partial charge in [-0.2, -0.15) is 5.26 Å². The molecule has 1 aliphatic heterocycles. The molecule has 0 aromatic heterocycles. The molecule has 0 saturated carbocycles. The SMILES string of the molecule is C=CCOc1cc(/C=C/c2ccc(C#N)cc2)cc(CNCC2CNC2)c1. The van der Waals surface area contributed by atoms with Crippen molar-refractivity contribution in [3.05, 3.63) is 77.4 Å². The summed E-state index contributed by atoms with van der Waals surface area (Å²) in [6, 6.07) is 16.0. The Morgan fingerprint density at radius 2 is 1.93 bits per heavy atom. The topological polar surface area (TPSA) is 57.1 Å². The van der Waals surface area contributed by atoms with Crippen LogP contribution in [0.1, 0.15) is 22.3 Å². The average Bonchev–Trinajstić information content (AvgIpc) is 2.67. The molecule has 138 valence electrons. The Morgan fingerprint density at radius 3 is 2.59 bits per heavy atom. The maximum atomic E-state index is 8.89. The third kappa shape index (κ3) is 5.82. The molecule has 0 bridgehead atoms. The van der Waals surface area contributed by atoms with Gasteiger partial charge in [-0.25, -0.2) is 0 Å². The number of rotatable bonds is 9. The standard InChI is InChI=1S/C23H25N3O/c1-2-9-27-23-11-20(8-5-18-3-6-19(13-24)7-4-18)10-21(12-23)14-25-15-22-16-26-17-22/h2-8,10-12,22,25-26H,1,9,14-17H2/b8-5+. The van der Waals surface area contributed by atoms with Gasteiger partial charge in [0.1, 0.15) is 12.4 Å². The third-order valence-corrected chi connectivity index (χ3v) is 4.49. The molecule has 0 spiro atoms. The van der Waals surface area contributed by atoms with E-state index in [1.807, 2.05) is 36.4 Å². The monoisotopic (exact) mass is 359 g/mol. The Hall–Kier alpha value is -2.87. The van der Waals surface area contributed by atoms with Crippen LogP contribution in [-0.4, -0.2) is 26.2 Å². The number of nitriles is 1. The van der Waals surface area contributed by atoms with Crippen molar-refractivity contribution in [3.8, 4) is 11.8 Å². The molecule has 1 saturated heterocycles. The highest BCUT2D eigenvalue weighted by atomic mass is 16.5. The third-order valence-electron chi connectivity index (χ3n) is 4.49. The molecule has 0 radical (unpaired) electrons. The first kappa shape index (κ1) is 18.9. The first-order chi connectivity index (χ1) is 13.3. The lowest BCUT2D eigenvalue weighted by molar-refractivity contribution is 0.331.